The molecule has 1 saturated heterocycles. The van der Waals surface area contributed by atoms with Gasteiger partial charge in [-0.3, -0.25) is 0 Å². The van der Waals surface area contributed by atoms with Gasteiger partial charge in [0.15, 0.2) is 0 Å². The van der Waals surface area contributed by atoms with Gasteiger partial charge in [0, 0.05) is 24.1 Å². The summed E-state index contributed by atoms with van der Waals surface area (Å²) < 4.78 is 32.3. The quantitative estimate of drug-likeness (QED) is 0.728. The van der Waals surface area contributed by atoms with Gasteiger partial charge >= 0.3 is 5.97 Å². The van der Waals surface area contributed by atoms with Crippen LogP contribution in [0.15, 0.2) is 27.6 Å². The number of rotatable bonds is 5. The van der Waals surface area contributed by atoms with Crippen molar-refractivity contribution in [3.8, 4) is 0 Å². The maximum Gasteiger partial charge on any atom is 0.338 e. The zero-order chi connectivity index (χ0) is 16.3. The molecule has 0 amide bonds. The molecule has 1 heterocycles. The van der Waals surface area contributed by atoms with Gasteiger partial charge in [0.2, 0.25) is 10.0 Å². The summed E-state index contributed by atoms with van der Waals surface area (Å²) in [5.74, 6) is -0.537. The van der Waals surface area contributed by atoms with E-state index in [0.717, 1.165) is 13.0 Å². The van der Waals surface area contributed by atoms with Gasteiger partial charge in [-0.15, -0.1) is 12.4 Å². The van der Waals surface area contributed by atoms with Crippen LogP contribution in [0, 0.1) is 0 Å². The fourth-order valence-electron chi connectivity index (χ4n) is 2.36. The highest BCUT2D eigenvalue weighted by atomic mass is 79.9. The highest BCUT2D eigenvalue weighted by Gasteiger charge is 2.30. The van der Waals surface area contributed by atoms with Crippen LogP contribution < -0.4 is 5.32 Å². The number of ether oxygens (including phenoxy) is 1. The van der Waals surface area contributed by atoms with E-state index in [1.807, 2.05) is 0 Å². The van der Waals surface area contributed by atoms with Gasteiger partial charge in [-0.2, -0.15) is 4.31 Å². The number of esters is 1. The summed E-state index contributed by atoms with van der Waals surface area (Å²) in [6.07, 6.45) is 0.772. The first kappa shape index (κ1) is 20.4. The Morgan fingerprint density at radius 1 is 1.43 bits per heavy atom. The topological polar surface area (TPSA) is 75.7 Å². The lowest BCUT2D eigenvalue weighted by Crippen LogP contribution is -2.38. The molecule has 0 spiro atoms. The van der Waals surface area contributed by atoms with Crippen molar-refractivity contribution in [2.75, 3.05) is 26.7 Å². The van der Waals surface area contributed by atoms with Gasteiger partial charge in [-0.25, -0.2) is 13.2 Å². The molecule has 1 unspecified atom stereocenters. The molecule has 0 radical (unpaired) electrons. The average molecular weight is 428 g/mol. The van der Waals surface area contributed by atoms with Crippen LogP contribution in [-0.4, -0.2) is 51.5 Å². The van der Waals surface area contributed by atoms with Crippen LogP contribution >= 0.6 is 28.3 Å². The van der Waals surface area contributed by atoms with Crippen molar-refractivity contribution in [1.29, 1.82) is 0 Å². The number of carbonyl (C=O) groups is 1. The van der Waals surface area contributed by atoms with E-state index in [-0.39, 0.29) is 35.5 Å². The van der Waals surface area contributed by atoms with Crippen molar-refractivity contribution in [3.05, 3.63) is 28.2 Å². The Morgan fingerprint density at radius 2 is 2.13 bits per heavy atom. The summed E-state index contributed by atoms with van der Waals surface area (Å²) in [6.45, 7) is 3.38. The molecule has 1 aromatic rings. The van der Waals surface area contributed by atoms with Crippen molar-refractivity contribution in [2.24, 2.45) is 0 Å². The average Bonchev–Trinajstić information content (AvgIpc) is 3.00. The van der Waals surface area contributed by atoms with Crippen LogP contribution in [0.3, 0.4) is 0 Å². The Balaban J connectivity index is 0.00000264. The van der Waals surface area contributed by atoms with Crippen molar-refractivity contribution in [3.63, 3.8) is 0 Å². The Morgan fingerprint density at radius 3 is 2.70 bits per heavy atom. The summed E-state index contributed by atoms with van der Waals surface area (Å²) in [4.78, 5) is 11.9. The van der Waals surface area contributed by atoms with Gasteiger partial charge in [-0.1, -0.05) is 15.9 Å². The minimum Gasteiger partial charge on any atom is -0.462 e. The van der Waals surface area contributed by atoms with Crippen molar-refractivity contribution < 1.29 is 17.9 Å². The number of nitrogens with one attached hydrogen (secondary N) is 1. The summed E-state index contributed by atoms with van der Waals surface area (Å²) in [5, 5.41) is 3.15. The first-order chi connectivity index (χ1) is 10.4. The maximum absolute atomic E-state index is 12.7. The van der Waals surface area contributed by atoms with Crippen molar-refractivity contribution in [2.45, 2.75) is 24.3 Å². The van der Waals surface area contributed by atoms with Gasteiger partial charge in [0.05, 0.1) is 17.1 Å². The number of hydrogen-bond donors (Lipinski definition) is 1. The Hall–Kier alpha value is -0.670. The fraction of sp³-hybridized carbons (Fsp3) is 0.500. The number of likely N-dealkylation sites (N-methyl/N-ethyl adjacent to an activating group) is 1. The lowest BCUT2D eigenvalue weighted by molar-refractivity contribution is 0.0526. The minimum absolute atomic E-state index is 0. The number of nitrogens with zero attached hydrogens (tertiary/aromatic N) is 1. The summed E-state index contributed by atoms with van der Waals surface area (Å²) in [7, 11) is -2.09. The third kappa shape index (κ3) is 4.67. The van der Waals surface area contributed by atoms with Gasteiger partial charge in [0.1, 0.15) is 0 Å². The van der Waals surface area contributed by atoms with Crippen molar-refractivity contribution in [1.82, 2.24) is 9.62 Å². The normalized spacial score (nSPS) is 17.8. The molecular weight excluding hydrogens is 408 g/mol. The number of sulfonamides is 1. The number of carbonyl (C=O) groups excluding carboxylic acids is 1. The standard InChI is InChI=1S/C14H19BrN2O4S.ClH/c1-3-21-14(18)10-6-11(15)8-13(7-10)22(19,20)17(2)12-4-5-16-9-12;/h6-8,12,16H,3-5,9H2,1-2H3;1H. The molecule has 2 rings (SSSR count). The van der Waals surface area contributed by atoms with Gasteiger partial charge in [-0.05, 0) is 38.1 Å². The molecular formula is C14H20BrClN2O4S. The molecule has 1 aliphatic heterocycles. The fourth-order valence-corrected chi connectivity index (χ4v) is 4.46. The molecule has 1 aliphatic rings. The molecule has 1 aromatic carbocycles. The SMILES string of the molecule is CCOC(=O)c1cc(Br)cc(S(=O)(=O)N(C)C2CCNC2)c1.Cl. The largest absolute Gasteiger partial charge is 0.462 e. The second-order valence-electron chi connectivity index (χ2n) is 5.06. The van der Waals surface area contributed by atoms with E-state index >= 15 is 0 Å². The minimum atomic E-state index is -3.66. The van der Waals surface area contributed by atoms with E-state index in [0.29, 0.717) is 11.0 Å². The summed E-state index contributed by atoms with van der Waals surface area (Å²) >= 11 is 3.25. The maximum atomic E-state index is 12.7. The highest BCUT2D eigenvalue weighted by molar-refractivity contribution is 9.10. The van der Waals surface area contributed by atoms with E-state index in [4.69, 9.17) is 4.74 Å². The second-order valence-corrected chi connectivity index (χ2v) is 7.98. The molecule has 6 nitrogen and oxygen atoms in total. The van der Waals surface area contributed by atoms with Crippen LogP contribution in [0.4, 0.5) is 0 Å². The third-order valence-corrected chi connectivity index (χ3v) is 5.95. The predicted molar refractivity (Wildman–Crippen MR) is 93.6 cm³/mol. The zero-order valence-electron chi connectivity index (χ0n) is 12.9. The van der Waals surface area contributed by atoms with Crippen molar-refractivity contribution >= 4 is 44.3 Å². The highest BCUT2D eigenvalue weighted by Crippen LogP contribution is 2.24. The summed E-state index contributed by atoms with van der Waals surface area (Å²) in [5.41, 5.74) is 0.216. The molecule has 0 bridgehead atoms. The predicted octanol–water partition coefficient (Wildman–Crippen LogP) is 2.03. The van der Waals surface area contributed by atoms with Crippen LogP contribution in [0.5, 0.6) is 0 Å². The monoisotopic (exact) mass is 426 g/mol. The van der Waals surface area contributed by atoms with Gasteiger partial charge in [0.25, 0.3) is 0 Å². The van der Waals surface area contributed by atoms with E-state index in [9.17, 15) is 13.2 Å². The lowest BCUT2D eigenvalue weighted by atomic mass is 10.2. The molecule has 130 valence electrons. The molecule has 0 saturated carbocycles. The molecule has 23 heavy (non-hydrogen) atoms. The molecule has 1 atom stereocenters. The van der Waals surface area contributed by atoms with Crippen LogP contribution in [0.25, 0.3) is 0 Å². The first-order valence-electron chi connectivity index (χ1n) is 7.02. The van der Waals surface area contributed by atoms with Gasteiger partial charge < -0.3 is 10.1 Å². The van der Waals surface area contributed by atoms with E-state index in [1.54, 1.807) is 20.0 Å². The van der Waals surface area contributed by atoms with Crippen LogP contribution in [0.1, 0.15) is 23.7 Å². The smallest absolute Gasteiger partial charge is 0.338 e. The summed E-state index contributed by atoms with van der Waals surface area (Å²) in [6, 6.07) is 4.33. The first-order valence-corrected chi connectivity index (χ1v) is 9.26. The molecule has 1 N–H and O–H groups in total. The molecule has 0 aliphatic carbocycles. The third-order valence-electron chi connectivity index (χ3n) is 3.61. The lowest BCUT2D eigenvalue weighted by Gasteiger charge is -2.23. The molecule has 1 fully saturated rings. The number of hydrogen-bond acceptors (Lipinski definition) is 5. The Kier molecular flexibility index (Phi) is 7.47. The number of halogens is 2. The Bertz CT molecular complexity index is 663. The van der Waals surface area contributed by atoms with Crippen LogP contribution in [0.2, 0.25) is 0 Å². The number of benzene rings is 1. The van der Waals surface area contributed by atoms with E-state index in [2.05, 4.69) is 21.2 Å². The van der Waals surface area contributed by atoms with E-state index in [1.165, 1.54) is 16.4 Å². The van der Waals surface area contributed by atoms with E-state index < -0.39 is 16.0 Å². The molecule has 0 aromatic heterocycles. The zero-order valence-corrected chi connectivity index (χ0v) is 16.1. The van der Waals surface area contributed by atoms with Crippen LogP contribution in [-0.2, 0) is 14.8 Å². The second kappa shape index (κ2) is 8.43. The Labute approximate surface area is 151 Å². The molecule has 9 heteroatoms.